The van der Waals surface area contributed by atoms with E-state index in [1.165, 1.54) is 48.9 Å². The van der Waals surface area contributed by atoms with Gasteiger partial charge < -0.3 is 5.32 Å². The molecule has 1 fully saturated rings. The molecule has 0 spiro atoms. The summed E-state index contributed by atoms with van der Waals surface area (Å²) in [5.74, 6) is 0. The van der Waals surface area contributed by atoms with Gasteiger partial charge in [0.2, 0.25) is 0 Å². The van der Waals surface area contributed by atoms with Crippen molar-refractivity contribution >= 4 is 0 Å². The average molecular weight is 274 g/mol. The lowest BCUT2D eigenvalue weighted by molar-refractivity contribution is 0.0971. The molecule has 1 saturated heterocycles. The van der Waals surface area contributed by atoms with Gasteiger partial charge in [-0.05, 0) is 76.9 Å². The van der Waals surface area contributed by atoms with Crippen LogP contribution in [-0.4, -0.2) is 31.1 Å². The highest BCUT2D eigenvalue weighted by atomic mass is 15.2. The zero-order chi connectivity index (χ0) is 14.5. The molecule has 0 bridgehead atoms. The van der Waals surface area contributed by atoms with Crippen LogP contribution in [0.3, 0.4) is 0 Å². The smallest absolute Gasteiger partial charge is 0.0322 e. The van der Waals surface area contributed by atoms with Crippen LogP contribution in [-0.2, 0) is 0 Å². The van der Waals surface area contributed by atoms with Gasteiger partial charge in [-0.15, -0.1) is 0 Å². The van der Waals surface area contributed by atoms with Crippen LogP contribution in [0.5, 0.6) is 0 Å². The minimum atomic E-state index is 0.538. The van der Waals surface area contributed by atoms with Gasteiger partial charge in [-0.3, -0.25) is 4.90 Å². The third-order valence-electron chi connectivity index (χ3n) is 4.91. The number of hydrogen-bond acceptors (Lipinski definition) is 2. The molecule has 2 rings (SSSR count). The van der Waals surface area contributed by atoms with Gasteiger partial charge in [0.1, 0.15) is 0 Å². The number of rotatable bonds is 5. The van der Waals surface area contributed by atoms with Gasteiger partial charge in [-0.25, -0.2) is 0 Å². The Hall–Kier alpha value is -0.860. The van der Waals surface area contributed by atoms with E-state index < -0.39 is 0 Å². The Balaban J connectivity index is 2.11. The molecular weight excluding hydrogens is 244 g/mol. The molecule has 2 unspecified atom stereocenters. The van der Waals surface area contributed by atoms with Gasteiger partial charge in [0.25, 0.3) is 0 Å². The lowest BCUT2D eigenvalue weighted by Crippen LogP contribution is -2.42. The number of likely N-dealkylation sites (tertiary alicyclic amines) is 1. The van der Waals surface area contributed by atoms with Crippen LogP contribution in [0.1, 0.15) is 55.3 Å². The maximum Gasteiger partial charge on any atom is 0.0322 e. The third kappa shape index (κ3) is 3.62. The van der Waals surface area contributed by atoms with Crippen LogP contribution in [0, 0.1) is 13.8 Å². The van der Waals surface area contributed by atoms with Crippen LogP contribution < -0.4 is 5.32 Å². The molecule has 0 aromatic heterocycles. The lowest BCUT2D eigenvalue weighted by atomic mass is 9.94. The first kappa shape index (κ1) is 15.5. The van der Waals surface area contributed by atoms with Crippen LogP contribution in [0.25, 0.3) is 0 Å². The van der Waals surface area contributed by atoms with E-state index in [1.807, 2.05) is 0 Å². The van der Waals surface area contributed by atoms with Gasteiger partial charge in [0.15, 0.2) is 0 Å². The highest BCUT2D eigenvalue weighted by Crippen LogP contribution is 2.30. The predicted molar refractivity (Wildman–Crippen MR) is 87.2 cm³/mol. The van der Waals surface area contributed by atoms with Crippen molar-refractivity contribution in [3.8, 4) is 0 Å². The fourth-order valence-electron chi connectivity index (χ4n) is 3.37. The molecule has 2 nitrogen and oxygen atoms in total. The number of nitrogens with zero attached hydrogens (tertiary/aromatic N) is 1. The molecule has 1 aromatic rings. The van der Waals surface area contributed by atoms with Crippen LogP contribution in [0.15, 0.2) is 18.2 Å². The molecule has 0 radical (unpaired) electrons. The molecule has 2 atom stereocenters. The zero-order valence-electron chi connectivity index (χ0n) is 13.6. The SMILES string of the molecule is CNCCC1CCCCN1C(C)c1ccc(C)c(C)c1. The van der Waals surface area contributed by atoms with Crippen molar-refractivity contribution in [1.29, 1.82) is 0 Å². The summed E-state index contributed by atoms with van der Waals surface area (Å²) in [6.07, 6.45) is 5.37. The first-order valence-electron chi connectivity index (χ1n) is 8.11. The molecule has 0 saturated carbocycles. The quantitative estimate of drug-likeness (QED) is 0.878. The zero-order valence-corrected chi connectivity index (χ0v) is 13.6. The van der Waals surface area contributed by atoms with Gasteiger partial charge in [-0.2, -0.15) is 0 Å². The van der Waals surface area contributed by atoms with Crippen molar-refractivity contribution in [2.24, 2.45) is 0 Å². The standard InChI is InChI=1S/C18H30N2/c1-14-8-9-17(13-15(14)2)16(3)20-12-6-5-7-18(20)10-11-19-4/h8-9,13,16,18-19H,5-7,10-12H2,1-4H3. The fourth-order valence-corrected chi connectivity index (χ4v) is 3.37. The van der Waals surface area contributed by atoms with Crippen LogP contribution in [0.4, 0.5) is 0 Å². The van der Waals surface area contributed by atoms with Crippen molar-refractivity contribution in [2.45, 2.75) is 58.5 Å². The lowest BCUT2D eigenvalue weighted by Gasteiger charge is -2.40. The van der Waals surface area contributed by atoms with Crippen molar-refractivity contribution in [3.05, 3.63) is 34.9 Å². The molecule has 1 N–H and O–H groups in total. The molecule has 1 aliphatic heterocycles. The number of benzene rings is 1. The molecule has 1 aromatic carbocycles. The molecule has 2 heteroatoms. The summed E-state index contributed by atoms with van der Waals surface area (Å²) >= 11 is 0. The largest absolute Gasteiger partial charge is 0.320 e. The van der Waals surface area contributed by atoms with E-state index in [-0.39, 0.29) is 0 Å². The van der Waals surface area contributed by atoms with Gasteiger partial charge in [0.05, 0.1) is 0 Å². The normalized spacial score (nSPS) is 21.9. The molecule has 1 aliphatic rings. The summed E-state index contributed by atoms with van der Waals surface area (Å²) < 4.78 is 0. The van der Waals surface area contributed by atoms with Crippen LogP contribution >= 0.6 is 0 Å². The first-order chi connectivity index (χ1) is 9.63. The molecule has 0 amide bonds. The summed E-state index contributed by atoms with van der Waals surface area (Å²) in [5, 5.41) is 3.30. The Kier molecular flexibility index (Phi) is 5.62. The van der Waals surface area contributed by atoms with E-state index in [0.717, 1.165) is 12.6 Å². The number of piperidine rings is 1. The van der Waals surface area contributed by atoms with E-state index >= 15 is 0 Å². The fraction of sp³-hybridized carbons (Fsp3) is 0.667. The van der Waals surface area contributed by atoms with E-state index in [2.05, 4.69) is 56.2 Å². The maximum absolute atomic E-state index is 3.30. The Labute approximate surface area is 124 Å². The summed E-state index contributed by atoms with van der Waals surface area (Å²) in [5.41, 5.74) is 4.29. The second-order valence-corrected chi connectivity index (χ2v) is 6.30. The summed E-state index contributed by atoms with van der Waals surface area (Å²) in [4.78, 5) is 2.73. The summed E-state index contributed by atoms with van der Waals surface area (Å²) in [6.45, 7) is 9.17. The Morgan fingerprint density at radius 3 is 2.75 bits per heavy atom. The highest BCUT2D eigenvalue weighted by molar-refractivity contribution is 5.31. The monoisotopic (exact) mass is 274 g/mol. The Morgan fingerprint density at radius 2 is 2.05 bits per heavy atom. The number of aryl methyl sites for hydroxylation is 2. The minimum absolute atomic E-state index is 0.538. The van der Waals surface area contributed by atoms with E-state index in [9.17, 15) is 0 Å². The maximum atomic E-state index is 3.30. The van der Waals surface area contributed by atoms with Crippen molar-refractivity contribution in [3.63, 3.8) is 0 Å². The van der Waals surface area contributed by atoms with Crippen LogP contribution in [0.2, 0.25) is 0 Å². The number of hydrogen-bond donors (Lipinski definition) is 1. The summed E-state index contributed by atoms with van der Waals surface area (Å²) in [7, 11) is 2.06. The molecule has 20 heavy (non-hydrogen) atoms. The Bertz CT molecular complexity index is 427. The van der Waals surface area contributed by atoms with Crippen molar-refractivity contribution < 1.29 is 0 Å². The van der Waals surface area contributed by atoms with Crippen molar-refractivity contribution in [1.82, 2.24) is 10.2 Å². The average Bonchev–Trinajstić information content (AvgIpc) is 2.47. The first-order valence-corrected chi connectivity index (χ1v) is 8.11. The second-order valence-electron chi connectivity index (χ2n) is 6.30. The molecule has 112 valence electrons. The van der Waals surface area contributed by atoms with Crippen molar-refractivity contribution in [2.75, 3.05) is 20.1 Å². The molecule has 1 heterocycles. The summed E-state index contributed by atoms with van der Waals surface area (Å²) in [6, 6.07) is 8.25. The third-order valence-corrected chi connectivity index (χ3v) is 4.91. The molecular formula is C18H30N2. The van der Waals surface area contributed by atoms with E-state index in [1.54, 1.807) is 0 Å². The second kappa shape index (κ2) is 7.24. The minimum Gasteiger partial charge on any atom is -0.320 e. The van der Waals surface area contributed by atoms with Gasteiger partial charge in [0, 0.05) is 12.1 Å². The van der Waals surface area contributed by atoms with E-state index in [0.29, 0.717) is 6.04 Å². The molecule has 0 aliphatic carbocycles. The van der Waals surface area contributed by atoms with Gasteiger partial charge >= 0.3 is 0 Å². The highest BCUT2D eigenvalue weighted by Gasteiger charge is 2.26. The number of nitrogens with one attached hydrogen (secondary N) is 1. The van der Waals surface area contributed by atoms with Gasteiger partial charge in [-0.1, -0.05) is 24.6 Å². The Morgan fingerprint density at radius 1 is 1.25 bits per heavy atom. The van der Waals surface area contributed by atoms with E-state index in [4.69, 9.17) is 0 Å². The predicted octanol–water partition coefficient (Wildman–Crippen LogP) is 3.83. The topological polar surface area (TPSA) is 15.3 Å².